The van der Waals surface area contributed by atoms with Crippen molar-refractivity contribution in [3.8, 4) is 0 Å². The Hall–Kier alpha value is -1.33. The number of non-ortho nitro benzene ring substituents is 1. The highest BCUT2D eigenvalue weighted by Gasteiger charge is 2.23. The Bertz CT molecular complexity index is 410. The third kappa shape index (κ3) is 3.11. The van der Waals surface area contributed by atoms with Gasteiger partial charge in [-0.05, 0) is 31.9 Å². The van der Waals surface area contributed by atoms with Crippen molar-refractivity contribution in [3.05, 3.63) is 34.4 Å². The molecular weight excluding hydrogens is 254 g/mol. The summed E-state index contributed by atoms with van der Waals surface area (Å²) in [6, 6.07) is 7.39. The molecule has 2 rings (SSSR count). The van der Waals surface area contributed by atoms with Crippen molar-refractivity contribution in [2.75, 3.05) is 11.4 Å². The first-order valence-corrected chi connectivity index (χ1v) is 5.84. The molecular formula is C12H18ClN3O2. The molecule has 0 spiro atoms. The number of nitro benzene ring substituents is 1. The molecule has 0 bridgehead atoms. The molecule has 2 atom stereocenters. The normalized spacial score (nSPS) is 23.3. The molecule has 2 unspecified atom stereocenters. The Balaban J connectivity index is 0.00000162. The summed E-state index contributed by atoms with van der Waals surface area (Å²) >= 11 is 0. The second-order valence-corrected chi connectivity index (χ2v) is 4.60. The smallest absolute Gasteiger partial charge is 0.269 e. The Labute approximate surface area is 113 Å². The minimum Gasteiger partial charge on any atom is -0.369 e. The average Bonchev–Trinajstić information content (AvgIpc) is 2.29. The first-order chi connectivity index (χ1) is 8.08. The van der Waals surface area contributed by atoms with E-state index in [4.69, 9.17) is 5.73 Å². The van der Waals surface area contributed by atoms with E-state index in [-0.39, 0.29) is 29.1 Å². The summed E-state index contributed by atoms with van der Waals surface area (Å²) in [4.78, 5) is 12.5. The predicted octanol–water partition coefficient (Wildman–Crippen LogP) is 2.33. The Kier molecular flexibility index (Phi) is 4.93. The SMILES string of the molecule is CC1CC(N)CCN1c1ccc([N+](=O)[O-])cc1.Cl. The van der Waals surface area contributed by atoms with Gasteiger partial charge in [-0.2, -0.15) is 0 Å². The van der Waals surface area contributed by atoms with Crippen LogP contribution in [-0.4, -0.2) is 23.6 Å². The van der Waals surface area contributed by atoms with Crippen LogP contribution in [0.1, 0.15) is 19.8 Å². The van der Waals surface area contributed by atoms with Gasteiger partial charge < -0.3 is 10.6 Å². The Morgan fingerprint density at radius 2 is 2.00 bits per heavy atom. The number of hydrogen-bond acceptors (Lipinski definition) is 4. The van der Waals surface area contributed by atoms with Gasteiger partial charge in [-0.25, -0.2) is 0 Å². The van der Waals surface area contributed by atoms with Crippen molar-refractivity contribution in [1.82, 2.24) is 0 Å². The van der Waals surface area contributed by atoms with E-state index >= 15 is 0 Å². The highest BCUT2D eigenvalue weighted by atomic mass is 35.5. The van der Waals surface area contributed by atoms with Gasteiger partial charge in [-0.3, -0.25) is 10.1 Å². The van der Waals surface area contributed by atoms with Crippen LogP contribution >= 0.6 is 12.4 Å². The van der Waals surface area contributed by atoms with Crippen molar-refractivity contribution >= 4 is 23.8 Å². The van der Waals surface area contributed by atoms with Crippen molar-refractivity contribution in [3.63, 3.8) is 0 Å². The van der Waals surface area contributed by atoms with Crippen LogP contribution in [0, 0.1) is 10.1 Å². The summed E-state index contributed by atoms with van der Waals surface area (Å²) in [7, 11) is 0. The van der Waals surface area contributed by atoms with Gasteiger partial charge in [-0.1, -0.05) is 0 Å². The quantitative estimate of drug-likeness (QED) is 0.662. The minimum atomic E-state index is -0.376. The molecule has 18 heavy (non-hydrogen) atoms. The number of piperidine rings is 1. The van der Waals surface area contributed by atoms with Gasteiger partial charge in [0.05, 0.1) is 4.92 Å². The third-order valence-corrected chi connectivity index (χ3v) is 3.31. The second kappa shape index (κ2) is 6.02. The molecule has 1 aliphatic heterocycles. The van der Waals surface area contributed by atoms with E-state index in [1.807, 2.05) is 12.1 Å². The monoisotopic (exact) mass is 271 g/mol. The Morgan fingerprint density at radius 3 is 2.50 bits per heavy atom. The molecule has 0 saturated carbocycles. The third-order valence-electron chi connectivity index (χ3n) is 3.31. The molecule has 0 radical (unpaired) electrons. The zero-order chi connectivity index (χ0) is 12.4. The molecule has 100 valence electrons. The number of nitro groups is 1. The van der Waals surface area contributed by atoms with Gasteiger partial charge in [0.25, 0.3) is 5.69 Å². The second-order valence-electron chi connectivity index (χ2n) is 4.60. The number of anilines is 1. The number of hydrogen-bond donors (Lipinski definition) is 1. The van der Waals surface area contributed by atoms with Gasteiger partial charge in [0.15, 0.2) is 0 Å². The van der Waals surface area contributed by atoms with Crippen molar-refractivity contribution in [2.45, 2.75) is 31.8 Å². The highest BCUT2D eigenvalue weighted by molar-refractivity contribution is 5.85. The van der Waals surface area contributed by atoms with Gasteiger partial charge in [0.2, 0.25) is 0 Å². The summed E-state index contributed by atoms with van der Waals surface area (Å²) in [6.07, 6.45) is 1.94. The van der Waals surface area contributed by atoms with E-state index in [0.29, 0.717) is 6.04 Å². The molecule has 0 aromatic heterocycles. The zero-order valence-electron chi connectivity index (χ0n) is 10.3. The first-order valence-electron chi connectivity index (χ1n) is 5.84. The van der Waals surface area contributed by atoms with Gasteiger partial charge >= 0.3 is 0 Å². The van der Waals surface area contributed by atoms with Crippen molar-refractivity contribution in [1.29, 1.82) is 0 Å². The summed E-state index contributed by atoms with van der Waals surface area (Å²) in [5.74, 6) is 0. The molecule has 6 heteroatoms. The maximum absolute atomic E-state index is 10.6. The lowest BCUT2D eigenvalue weighted by molar-refractivity contribution is -0.384. The van der Waals surface area contributed by atoms with Gasteiger partial charge in [0.1, 0.15) is 0 Å². The summed E-state index contributed by atoms with van der Waals surface area (Å²) < 4.78 is 0. The fraction of sp³-hybridized carbons (Fsp3) is 0.500. The summed E-state index contributed by atoms with van der Waals surface area (Å²) in [5, 5.41) is 10.6. The molecule has 1 saturated heterocycles. The molecule has 0 amide bonds. The van der Waals surface area contributed by atoms with Crippen LogP contribution in [0.25, 0.3) is 0 Å². The van der Waals surface area contributed by atoms with Crippen LogP contribution in [0.4, 0.5) is 11.4 Å². The van der Waals surface area contributed by atoms with Crippen LogP contribution in [0.5, 0.6) is 0 Å². The molecule has 1 aromatic carbocycles. The molecule has 2 N–H and O–H groups in total. The van der Waals surface area contributed by atoms with Crippen LogP contribution in [0.2, 0.25) is 0 Å². The lowest BCUT2D eigenvalue weighted by Crippen LogP contribution is -2.45. The topological polar surface area (TPSA) is 72.4 Å². The zero-order valence-corrected chi connectivity index (χ0v) is 11.1. The highest BCUT2D eigenvalue weighted by Crippen LogP contribution is 2.25. The largest absolute Gasteiger partial charge is 0.369 e. The van der Waals surface area contributed by atoms with Crippen molar-refractivity contribution < 1.29 is 4.92 Å². The number of halogens is 1. The molecule has 5 nitrogen and oxygen atoms in total. The average molecular weight is 272 g/mol. The van der Waals surface area contributed by atoms with Crippen LogP contribution in [-0.2, 0) is 0 Å². The number of nitrogens with two attached hydrogens (primary N) is 1. The molecule has 1 aromatic rings. The number of nitrogens with zero attached hydrogens (tertiary/aromatic N) is 2. The van der Waals surface area contributed by atoms with E-state index in [0.717, 1.165) is 25.1 Å². The lowest BCUT2D eigenvalue weighted by Gasteiger charge is -2.38. The summed E-state index contributed by atoms with van der Waals surface area (Å²) in [6.45, 7) is 3.06. The number of rotatable bonds is 2. The van der Waals surface area contributed by atoms with Crippen LogP contribution in [0.15, 0.2) is 24.3 Å². The fourth-order valence-electron chi connectivity index (χ4n) is 2.36. The van der Waals surface area contributed by atoms with Crippen molar-refractivity contribution in [2.24, 2.45) is 5.73 Å². The minimum absolute atomic E-state index is 0. The van der Waals surface area contributed by atoms with E-state index in [9.17, 15) is 10.1 Å². The van der Waals surface area contributed by atoms with E-state index in [1.165, 1.54) is 0 Å². The lowest BCUT2D eigenvalue weighted by atomic mass is 9.98. The van der Waals surface area contributed by atoms with E-state index in [2.05, 4.69) is 11.8 Å². The predicted molar refractivity (Wildman–Crippen MR) is 74.4 cm³/mol. The Morgan fingerprint density at radius 1 is 1.39 bits per heavy atom. The fourth-order valence-corrected chi connectivity index (χ4v) is 2.36. The summed E-state index contributed by atoms with van der Waals surface area (Å²) in [5.41, 5.74) is 7.08. The standard InChI is InChI=1S/C12H17N3O2.ClH/c1-9-8-10(13)6-7-14(9)11-2-4-12(5-3-11)15(16)17;/h2-5,9-10H,6-8,13H2,1H3;1H. The van der Waals surface area contributed by atoms with Gasteiger partial charge in [0, 0.05) is 36.4 Å². The van der Waals surface area contributed by atoms with E-state index < -0.39 is 0 Å². The maximum Gasteiger partial charge on any atom is 0.269 e. The molecule has 1 fully saturated rings. The first kappa shape index (κ1) is 14.7. The van der Waals surface area contributed by atoms with Crippen LogP contribution in [0.3, 0.4) is 0 Å². The van der Waals surface area contributed by atoms with E-state index in [1.54, 1.807) is 12.1 Å². The molecule has 1 heterocycles. The molecule has 1 aliphatic rings. The van der Waals surface area contributed by atoms with Gasteiger partial charge in [-0.15, -0.1) is 12.4 Å². The number of benzene rings is 1. The molecule has 0 aliphatic carbocycles. The maximum atomic E-state index is 10.6. The van der Waals surface area contributed by atoms with Crippen LogP contribution < -0.4 is 10.6 Å².